The molecule has 0 saturated carbocycles. The van der Waals surface area contributed by atoms with E-state index in [0.29, 0.717) is 49.6 Å². The summed E-state index contributed by atoms with van der Waals surface area (Å²) < 4.78 is 0. The van der Waals surface area contributed by atoms with Crippen LogP contribution in [-0.4, -0.2) is 22.4 Å². The molecule has 1 aromatic heterocycles. The Labute approximate surface area is 151 Å². The molecule has 2 heterocycles. The number of amides is 1. The minimum Gasteiger partial charge on any atom is -0.324 e. The zero-order valence-corrected chi connectivity index (χ0v) is 14.5. The number of nitrogens with zero attached hydrogens (tertiary/aromatic N) is 5. The Bertz CT molecular complexity index is 925. The van der Waals surface area contributed by atoms with E-state index >= 15 is 0 Å². The smallest absolute Gasteiger partial charge is 0.228 e. The molecule has 3 rings (SSSR count). The van der Waals surface area contributed by atoms with Gasteiger partial charge >= 0.3 is 0 Å². The zero-order valence-electron chi connectivity index (χ0n) is 14.5. The third-order valence-electron chi connectivity index (χ3n) is 4.17. The number of nitrogens with one attached hydrogen (secondary N) is 1. The fourth-order valence-corrected chi connectivity index (χ4v) is 3.01. The van der Waals surface area contributed by atoms with E-state index in [4.69, 9.17) is 10.5 Å². The van der Waals surface area contributed by atoms with Gasteiger partial charge < -0.3 is 10.2 Å². The molecule has 1 aliphatic rings. The third kappa shape index (κ3) is 3.79. The number of unbranched alkanes of at least 4 members (excludes halogenated alkanes) is 1. The number of hydrogen-bond acceptors (Lipinski definition) is 6. The summed E-state index contributed by atoms with van der Waals surface area (Å²) in [6.45, 7) is 2.37. The first-order valence-electron chi connectivity index (χ1n) is 8.44. The van der Waals surface area contributed by atoms with Crippen LogP contribution in [-0.2, 0) is 11.2 Å². The minimum absolute atomic E-state index is 0.0943. The van der Waals surface area contributed by atoms with Crippen molar-refractivity contribution in [3.63, 3.8) is 0 Å². The van der Waals surface area contributed by atoms with E-state index in [-0.39, 0.29) is 5.91 Å². The molecule has 0 atom stereocenters. The molecule has 0 spiro atoms. The predicted molar refractivity (Wildman–Crippen MR) is 96.7 cm³/mol. The van der Waals surface area contributed by atoms with Gasteiger partial charge in [-0.1, -0.05) is 0 Å². The largest absolute Gasteiger partial charge is 0.324 e. The Morgan fingerprint density at radius 1 is 1.23 bits per heavy atom. The average molecular weight is 346 g/mol. The molecule has 0 bridgehead atoms. The predicted octanol–water partition coefficient (Wildman–Crippen LogP) is 2.98. The molecule has 7 nitrogen and oxygen atoms in total. The molecule has 130 valence electrons. The Balaban J connectivity index is 1.83. The molecule has 7 heteroatoms. The molecule has 0 fully saturated rings. The number of hydrogen-bond donors (Lipinski definition) is 1. The lowest BCUT2D eigenvalue weighted by Crippen LogP contribution is -2.35. The number of rotatable bonds is 5. The van der Waals surface area contributed by atoms with Crippen LogP contribution in [0.5, 0.6) is 0 Å². The highest BCUT2D eigenvalue weighted by Crippen LogP contribution is 2.31. The summed E-state index contributed by atoms with van der Waals surface area (Å²) in [4.78, 5) is 22.4. The van der Waals surface area contributed by atoms with E-state index < -0.39 is 0 Å². The number of anilines is 3. The summed E-state index contributed by atoms with van der Waals surface area (Å²) in [6.07, 6.45) is 2.24. The van der Waals surface area contributed by atoms with Crippen molar-refractivity contribution in [1.29, 1.82) is 10.5 Å². The number of fused-ring (bicyclic) bond motifs is 1. The minimum atomic E-state index is 0.0943. The number of benzene rings is 1. The van der Waals surface area contributed by atoms with Gasteiger partial charge in [-0.25, -0.2) is 9.97 Å². The van der Waals surface area contributed by atoms with E-state index in [1.807, 2.05) is 31.2 Å². The van der Waals surface area contributed by atoms with Gasteiger partial charge in [0.05, 0.1) is 6.07 Å². The molecule has 0 radical (unpaired) electrons. The molecule has 2 aromatic rings. The molecule has 0 unspecified atom stereocenters. The summed E-state index contributed by atoms with van der Waals surface area (Å²) in [5.74, 6) is 0.469. The maximum Gasteiger partial charge on any atom is 0.228 e. The van der Waals surface area contributed by atoms with Crippen LogP contribution in [0, 0.1) is 29.6 Å². The van der Waals surface area contributed by atoms with Crippen LogP contribution < -0.4 is 10.2 Å². The maximum absolute atomic E-state index is 12.2. The van der Waals surface area contributed by atoms with Crippen molar-refractivity contribution >= 4 is 23.2 Å². The van der Waals surface area contributed by atoms with Gasteiger partial charge in [0.1, 0.15) is 11.8 Å². The molecular formula is C19H18N6O. The van der Waals surface area contributed by atoms with Gasteiger partial charge in [-0.05, 0) is 49.6 Å². The summed E-state index contributed by atoms with van der Waals surface area (Å²) in [6, 6.07) is 11.5. The van der Waals surface area contributed by atoms with Crippen LogP contribution >= 0.6 is 0 Å². The van der Waals surface area contributed by atoms with Crippen molar-refractivity contribution in [2.45, 2.75) is 32.6 Å². The Morgan fingerprint density at radius 2 is 2.08 bits per heavy atom. The quantitative estimate of drug-likeness (QED) is 0.834. The van der Waals surface area contributed by atoms with Crippen LogP contribution in [0.15, 0.2) is 24.3 Å². The Hall–Kier alpha value is -3.45. The fraction of sp³-hybridized carbons (Fsp3) is 0.316. The number of carbonyl (C=O) groups is 1. The first-order valence-corrected chi connectivity index (χ1v) is 8.44. The first-order chi connectivity index (χ1) is 12.6. The van der Waals surface area contributed by atoms with Crippen molar-refractivity contribution in [2.75, 3.05) is 16.8 Å². The van der Waals surface area contributed by atoms with Gasteiger partial charge in [-0.3, -0.25) is 4.79 Å². The SMILES string of the molecule is Cc1cc(C#N)nc(Nc2ccc3c(c2)CCC(=O)N3CCCC#N)n1. The normalized spacial score (nSPS) is 12.9. The molecule has 1 aromatic carbocycles. The van der Waals surface area contributed by atoms with Gasteiger partial charge in [0.25, 0.3) is 0 Å². The Morgan fingerprint density at radius 3 is 2.85 bits per heavy atom. The lowest BCUT2D eigenvalue weighted by molar-refractivity contribution is -0.118. The van der Waals surface area contributed by atoms with E-state index in [2.05, 4.69) is 21.4 Å². The zero-order chi connectivity index (χ0) is 18.5. The van der Waals surface area contributed by atoms with Crippen LogP contribution in [0.25, 0.3) is 0 Å². The summed E-state index contributed by atoms with van der Waals surface area (Å²) in [7, 11) is 0. The van der Waals surface area contributed by atoms with E-state index in [0.717, 1.165) is 16.9 Å². The monoisotopic (exact) mass is 346 g/mol. The molecule has 0 aliphatic carbocycles. The van der Waals surface area contributed by atoms with Crippen LogP contribution in [0.1, 0.15) is 36.2 Å². The highest BCUT2D eigenvalue weighted by atomic mass is 16.2. The number of aromatic nitrogens is 2. The average Bonchev–Trinajstić information content (AvgIpc) is 2.63. The van der Waals surface area contributed by atoms with E-state index in [1.54, 1.807) is 11.0 Å². The van der Waals surface area contributed by atoms with Crippen molar-refractivity contribution < 1.29 is 4.79 Å². The van der Waals surface area contributed by atoms with Crippen LogP contribution in [0.2, 0.25) is 0 Å². The second-order valence-electron chi connectivity index (χ2n) is 6.11. The summed E-state index contributed by atoms with van der Waals surface area (Å²) in [5.41, 5.74) is 3.80. The van der Waals surface area contributed by atoms with Gasteiger partial charge in [0.2, 0.25) is 11.9 Å². The molecular weight excluding hydrogens is 328 g/mol. The number of carbonyl (C=O) groups excluding carboxylic acids is 1. The van der Waals surface area contributed by atoms with Gasteiger partial charge in [-0.15, -0.1) is 0 Å². The first kappa shape index (κ1) is 17.4. The second-order valence-corrected chi connectivity index (χ2v) is 6.11. The molecule has 1 N–H and O–H groups in total. The second kappa shape index (κ2) is 7.62. The van der Waals surface area contributed by atoms with Gasteiger partial charge in [0, 0.05) is 36.5 Å². The van der Waals surface area contributed by atoms with E-state index in [1.165, 1.54) is 0 Å². The number of nitriles is 2. The molecule has 26 heavy (non-hydrogen) atoms. The summed E-state index contributed by atoms with van der Waals surface area (Å²) >= 11 is 0. The van der Waals surface area contributed by atoms with Gasteiger partial charge in [-0.2, -0.15) is 10.5 Å². The van der Waals surface area contributed by atoms with Crippen LogP contribution in [0.3, 0.4) is 0 Å². The van der Waals surface area contributed by atoms with Crippen molar-refractivity contribution in [3.05, 3.63) is 41.2 Å². The Kier molecular flexibility index (Phi) is 5.09. The maximum atomic E-state index is 12.2. The highest BCUT2D eigenvalue weighted by molar-refractivity contribution is 5.96. The van der Waals surface area contributed by atoms with Crippen molar-refractivity contribution in [1.82, 2.24) is 9.97 Å². The van der Waals surface area contributed by atoms with Crippen molar-refractivity contribution in [3.8, 4) is 12.1 Å². The fourth-order valence-electron chi connectivity index (χ4n) is 3.01. The highest BCUT2D eigenvalue weighted by Gasteiger charge is 2.23. The van der Waals surface area contributed by atoms with Crippen LogP contribution in [0.4, 0.5) is 17.3 Å². The molecule has 0 saturated heterocycles. The van der Waals surface area contributed by atoms with Gasteiger partial charge in [0.15, 0.2) is 0 Å². The molecule has 1 aliphatic heterocycles. The van der Waals surface area contributed by atoms with E-state index in [9.17, 15) is 4.79 Å². The third-order valence-corrected chi connectivity index (χ3v) is 4.17. The topological polar surface area (TPSA) is 106 Å². The lowest BCUT2D eigenvalue weighted by Gasteiger charge is -2.29. The number of aryl methyl sites for hydroxylation is 2. The lowest BCUT2D eigenvalue weighted by atomic mass is 10.00. The van der Waals surface area contributed by atoms with Crippen molar-refractivity contribution in [2.24, 2.45) is 0 Å². The summed E-state index contributed by atoms with van der Waals surface area (Å²) in [5, 5.41) is 20.9. The molecule has 1 amide bonds. The standard InChI is InChI=1S/C19H18N6O/c1-13-10-16(12-21)24-19(22-13)23-15-5-6-17-14(11-15)4-7-18(26)25(17)9-3-2-8-20/h5-6,10-11H,2-4,7,9H2,1H3,(H,22,23,24).